The molecule has 0 aliphatic heterocycles. The van der Waals surface area contributed by atoms with E-state index in [1.807, 2.05) is 24.3 Å². The zero-order valence-electron chi connectivity index (χ0n) is 10.9. The lowest BCUT2D eigenvalue weighted by molar-refractivity contribution is 0.0697. The van der Waals surface area contributed by atoms with E-state index in [0.717, 1.165) is 10.0 Å². The van der Waals surface area contributed by atoms with E-state index in [1.165, 1.54) is 12.5 Å². The van der Waals surface area contributed by atoms with E-state index in [9.17, 15) is 9.90 Å². The first-order valence-corrected chi connectivity index (χ1v) is 7.02. The van der Waals surface area contributed by atoms with Gasteiger partial charge in [0, 0.05) is 10.7 Å². The molecule has 0 saturated carbocycles. The highest BCUT2D eigenvalue weighted by Gasteiger charge is 2.19. The number of hydrogen-bond donors (Lipinski definition) is 1. The summed E-state index contributed by atoms with van der Waals surface area (Å²) in [7, 11) is 0. The third-order valence-corrected chi connectivity index (χ3v) is 3.81. The molecule has 6 heteroatoms. The minimum Gasteiger partial charge on any atom is -0.478 e. The van der Waals surface area contributed by atoms with Crippen LogP contribution in [-0.2, 0) is 6.54 Å². The summed E-state index contributed by atoms with van der Waals surface area (Å²) in [6, 6.07) is 11.1. The summed E-state index contributed by atoms with van der Waals surface area (Å²) < 4.78 is 7.80. The van der Waals surface area contributed by atoms with Crippen LogP contribution in [0.4, 0.5) is 0 Å². The summed E-state index contributed by atoms with van der Waals surface area (Å²) in [5.74, 6) is -0.585. The standard InChI is InChI=1S/C15H11BrN2O3/c16-12-5-2-1-4-10(12)8-18-9-11(15(19)20)14(17-18)13-6-3-7-21-13/h1-7,9H,8H2,(H,19,20). The Labute approximate surface area is 129 Å². The van der Waals surface area contributed by atoms with E-state index in [2.05, 4.69) is 21.0 Å². The number of carbonyl (C=O) groups is 1. The van der Waals surface area contributed by atoms with Crippen molar-refractivity contribution in [2.24, 2.45) is 0 Å². The maximum atomic E-state index is 11.3. The van der Waals surface area contributed by atoms with Crippen molar-refractivity contribution in [1.29, 1.82) is 0 Å². The smallest absolute Gasteiger partial charge is 0.339 e. The highest BCUT2D eigenvalue weighted by molar-refractivity contribution is 9.10. The van der Waals surface area contributed by atoms with Crippen LogP contribution in [0.2, 0.25) is 0 Å². The van der Waals surface area contributed by atoms with Gasteiger partial charge in [-0.1, -0.05) is 34.1 Å². The average molecular weight is 347 g/mol. The first-order chi connectivity index (χ1) is 10.1. The fourth-order valence-corrected chi connectivity index (χ4v) is 2.47. The van der Waals surface area contributed by atoms with Crippen LogP contribution in [0.15, 0.2) is 57.7 Å². The number of benzene rings is 1. The summed E-state index contributed by atoms with van der Waals surface area (Å²) in [5.41, 5.74) is 1.47. The number of carboxylic acids is 1. The third-order valence-electron chi connectivity index (χ3n) is 3.04. The molecule has 2 heterocycles. The Morgan fingerprint density at radius 3 is 2.76 bits per heavy atom. The van der Waals surface area contributed by atoms with Crippen LogP contribution in [0, 0.1) is 0 Å². The molecular weight excluding hydrogens is 336 g/mol. The predicted molar refractivity (Wildman–Crippen MR) is 80.1 cm³/mol. The van der Waals surface area contributed by atoms with Crippen molar-refractivity contribution in [1.82, 2.24) is 9.78 Å². The molecule has 5 nitrogen and oxygen atoms in total. The lowest BCUT2D eigenvalue weighted by Crippen LogP contribution is -2.01. The first kappa shape index (κ1) is 13.6. The van der Waals surface area contributed by atoms with Gasteiger partial charge in [0.2, 0.25) is 0 Å². The largest absolute Gasteiger partial charge is 0.478 e. The van der Waals surface area contributed by atoms with Crippen molar-refractivity contribution in [2.45, 2.75) is 6.54 Å². The number of aromatic nitrogens is 2. The molecule has 0 atom stereocenters. The van der Waals surface area contributed by atoms with E-state index in [-0.39, 0.29) is 5.56 Å². The highest BCUT2D eigenvalue weighted by atomic mass is 79.9. The van der Waals surface area contributed by atoms with E-state index < -0.39 is 5.97 Å². The molecule has 0 aliphatic carbocycles. The molecule has 3 rings (SSSR count). The molecule has 106 valence electrons. The third kappa shape index (κ3) is 2.75. The van der Waals surface area contributed by atoms with Crippen molar-refractivity contribution >= 4 is 21.9 Å². The van der Waals surface area contributed by atoms with E-state index >= 15 is 0 Å². The maximum Gasteiger partial charge on any atom is 0.339 e. The zero-order valence-corrected chi connectivity index (χ0v) is 12.4. The molecule has 0 bridgehead atoms. The molecule has 0 unspecified atom stereocenters. The fraction of sp³-hybridized carbons (Fsp3) is 0.0667. The Kier molecular flexibility index (Phi) is 3.62. The van der Waals surface area contributed by atoms with Gasteiger partial charge in [0.15, 0.2) is 5.76 Å². The van der Waals surface area contributed by atoms with Crippen LogP contribution in [0.25, 0.3) is 11.5 Å². The molecule has 1 aromatic carbocycles. The molecule has 0 aliphatic rings. The van der Waals surface area contributed by atoms with Gasteiger partial charge >= 0.3 is 5.97 Å². The van der Waals surface area contributed by atoms with Gasteiger partial charge in [-0.2, -0.15) is 5.10 Å². The van der Waals surface area contributed by atoms with Crippen LogP contribution < -0.4 is 0 Å². The second kappa shape index (κ2) is 5.57. The summed E-state index contributed by atoms with van der Waals surface area (Å²) in [6.07, 6.45) is 3.01. The van der Waals surface area contributed by atoms with Crippen LogP contribution >= 0.6 is 15.9 Å². The van der Waals surface area contributed by atoms with Gasteiger partial charge in [0.1, 0.15) is 11.3 Å². The summed E-state index contributed by atoms with van der Waals surface area (Å²) in [6.45, 7) is 0.475. The number of rotatable bonds is 4. The van der Waals surface area contributed by atoms with Crippen molar-refractivity contribution in [3.8, 4) is 11.5 Å². The topological polar surface area (TPSA) is 68.3 Å². The van der Waals surface area contributed by atoms with E-state index in [4.69, 9.17) is 4.42 Å². The SMILES string of the molecule is O=C(O)c1cn(Cc2ccccc2Br)nc1-c1ccco1. The number of furan rings is 1. The molecule has 3 aromatic rings. The summed E-state index contributed by atoms with van der Waals surface area (Å²) in [5, 5.41) is 13.6. The Hall–Kier alpha value is -2.34. The second-order valence-corrected chi connectivity index (χ2v) is 5.32. The Balaban J connectivity index is 2.00. The Morgan fingerprint density at radius 2 is 2.10 bits per heavy atom. The van der Waals surface area contributed by atoms with Crippen molar-refractivity contribution in [2.75, 3.05) is 0 Å². The number of halogens is 1. The van der Waals surface area contributed by atoms with Gasteiger partial charge in [-0.25, -0.2) is 4.79 Å². The van der Waals surface area contributed by atoms with Gasteiger partial charge < -0.3 is 9.52 Å². The predicted octanol–water partition coefficient (Wildman–Crippen LogP) is 3.65. The Morgan fingerprint density at radius 1 is 1.29 bits per heavy atom. The second-order valence-electron chi connectivity index (χ2n) is 4.46. The maximum absolute atomic E-state index is 11.3. The molecule has 0 saturated heterocycles. The number of hydrogen-bond acceptors (Lipinski definition) is 3. The summed E-state index contributed by atoms with van der Waals surface area (Å²) in [4.78, 5) is 11.3. The van der Waals surface area contributed by atoms with Gasteiger partial charge in [0.25, 0.3) is 0 Å². The van der Waals surface area contributed by atoms with Gasteiger partial charge in [0.05, 0.1) is 12.8 Å². The Bertz CT molecular complexity index is 778. The van der Waals surface area contributed by atoms with Crippen LogP contribution in [0.1, 0.15) is 15.9 Å². The number of aromatic carboxylic acids is 1. The van der Waals surface area contributed by atoms with Gasteiger partial charge in [-0.05, 0) is 23.8 Å². The van der Waals surface area contributed by atoms with Crippen molar-refractivity contribution < 1.29 is 14.3 Å². The molecule has 21 heavy (non-hydrogen) atoms. The van der Waals surface area contributed by atoms with Gasteiger partial charge in [-0.15, -0.1) is 0 Å². The van der Waals surface area contributed by atoms with Crippen molar-refractivity contribution in [3.63, 3.8) is 0 Å². The molecular formula is C15H11BrN2O3. The molecule has 1 N–H and O–H groups in total. The van der Waals surface area contributed by atoms with E-state index in [0.29, 0.717) is 18.0 Å². The minimum absolute atomic E-state index is 0.122. The zero-order chi connectivity index (χ0) is 14.8. The van der Waals surface area contributed by atoms with Crippen LogP contribution in [-0.4, -0.2) is 20.9 Å². The fourth-order valence-electron chi connectivity index (χ4n) is 2.06. The minimum atomic E-state index is -1.03. The molecule has 0 fully saturated rings. The van der Waals surface area contributed by atoms with Crippen molar-refractivity contribution in [3.05, 3.63) is 64.5 Å². The lowest BCUT2D eigenvalue weighted by Gasteiger charge is -2.03. The molecule has 0 amide bonds. The average Bonchev–Trinajstić information content (AvgIpc) is 3.10. The molecule has 2 aromatic heterocycles. The quantitative estimate of drug-likeness (QED) is 0.782. The normalized spacial score (nSPS) is 10.7. The number of carboxylic acid groups (broad SMARTS) is 1. The number of nitrogens with zero attached hydrogens (tertiary/aromatic N) is 2. The summed E-state index contributed by atoms with van der Waals surface area (Å²) >= 11 is 3.47. The highest BCUT2D eigenvalue weighted by Crippen LogP contribution is 2.24. The lowest BCUT2D eigenvalue weighted by atomic mass is 10.2. The molecule has 0 spiro atoms. The monoisotopic (exact) mass is 346 g/mol. The van der Waals surface area contributed by atoms with Gasteiger partial charge in [-0.3, -0.25) is 4.68 Å². The molecule has 0 radical (unpaired) electrons. The van der Waals surface area contributed by atoms with E-state index in [1.54, 1.807) is 16.8 Å². The van der Waals surface area contributed by atoms with Crippen LogP contribution in [0.5, 0.6) is 0 Å². The first-order valence-electron chi connectivity index (χ1n) is 6.23. The van der Waals surface area contributed by atoms with Crippen LogP contribution in [0.3, 0.4) is 0 Å².